The molecule has 0 bridgehead atoms. The van der Waals surface area contributed by atoms with Gasteiger partial charge in [-0.15, -0.1) is 0 Å². The second-order valence-corrected chi connectivity index (χ2v) is 8.94. The van der Waals surface area contributed by atoms with Gasteiger partial charge in [0.15, 0.2) is 5.82 Å². The van der Waals surface area contributed by atoms with Crippen LogP contribution in [0.2, 0.25) is 0 Å². The maximum Gasteiger partial charge on any atom is 0.254 e. The summed E-state index contributed by atoms with van der Waals surface area (Å²) >= 11 is 0. The van der Waals surface area contributed by atoms with Crippen molar-refractivity contribution in [2.45, 2.75) is 45.2 Å². The summed E-state index contributed by atoms with van der Waals surface area (Å²) in [6.45, 7) is 5.08. The Kier molecular flexibility index (Phi) is 7.27. The van der Waals surface area contributed by atoms with E-state index in [1.165, 1.54) is 0 Å². The van der Waals surface area contributed by atoms with E-state index in [2.05, 4.69) is 28.2 Å². The van der Waals surface area contributed by atoms with E-state index >= 15 is 4.39 Å². The van der Waals surface area contributed by atoms with Crippen LogP contribution in [0.25, 0.3) is 11.4 Å². The van der Waals surface area contributed by atoms with E-state index in [1.807, 2.05) is 19.1 Å². The monoisotopic (exact) mass is 475 g/mol. The van der Waals surface area contributed by atoms with Crippen molar-refractivity contribution in [2.24, 2.45) is 0 Å². The molecule has 0 radical (unpaired) electrons. The molecule has 4 rings (SSSR count). The highest BCUT2D eigenvalue weighted by Gasteiger charge is 2.39. The second-order valence-electron chi connectivity index (χ2n) is 8.94. The first-order valence-electron chi connectivity index (χ1n) is 11.9. The molecule has 0 atom stereocenters. The Labute approximate surface area is 204 Å². The van der Waals surface area contributed by atoms with Crippen molar-refractivity contribution in [1.29, 1.82) is 5.26 Å². The van der Waals surface area contributed by atoms with E-state index in [4.69, 9.17) is 4.74 Å². The van der Waals surface area contributed by atoms with Crippen molar-refractivity contribution in [2.75, 3.05) is 26.8 Å². The minimum Gasteiger partial charge on any atom is -0.384 e. The third kappa shape index (κ3) is 4.96. The van der Waals surface area contributed by atoms with Crippen molar-refractivity contribution in [3.8, 4) is 17.5 Å². The molecule has 1 saturated heterocycles. The van der Waals surface area contributed by atoms with Crippen LogP contribution >= 0.6 is 0 Å². The molecule has 0 aliphatic carbocycles. The Hall–Kier alpha value is -3.57. The van der Waals surface area contributed by atoms with Gasteiger partial charge in [-0.2, -0.15) is 10.4 Å². The molecule has 1 amide bonds. The van der Waals surface area contributed by atoms with Crippen LogP contribution in [-0.2, 0) is 23.2 Å². The van der Waals surface area contributed by atoms with E-state index in [0.29, 0.717) is 35.5 Å². The minimum absolute atomic E-state index is 0.128. The van der Waals surface area contributed by atoms with Crippen LogP contribution in [0.3, 0.4) is 0 Å². The SMILES string of the molecule is CCc1cc(C)c(C(=O)N2CCC(F)(c3ccccc3C#N)CC2)cc1-c1n[nH]c(CCOC)n1. The number of amides is 1. The zero-order valence-electron chi connectivity index (χ0n) is 20.4. The number of nitriles is 1. The average molecular weight is 476 g/mol. The molecule has 1 aliphatic rings. The highest BCUT2D eigenvalue weighted by atomic mass is 19.1. The Morgan fingerprint density at radius 2 is 2.03 bits per heavy atom. The largest absolute Gasteiger partial charge is 0.384 e. The molecule has 0 saturated carbocycles. The number of rotatable bonds is 7. The lowest BCUT2D eigenvalue weighted by atomic mass is 9.83. The fourth-order valence-electron chi connectivity index (χ4n) is 4.70. The lowest BCUT2D eigenvalue weighted by Crippen LogP contribution is -2.43. The summed E-state index contributed by atoms with van der Waals surface area (Å²) in [4.78, 5) is 19.8. The highest BCUT2D eigenvalue weighted by Crippen LogP contribution is 2.39. The van der Waals surface area contributed by atoms with Gasteiger partial charge < -0.3 is 9.64 Å². The number of carbonyl (C=O) groups excluding carboxylic acids is 1. The lowest BCUT2D eigenvalue weighted by Gasteiger charge is -2.37. The maximum atomic E-state index is 15.8. The molecule has 0 spiro atoms. The van der Waals surface area contributed by atoms with E-state index < -0.39 is 5.67 Å². The molecule has 1 fully saturated rings. The smallest absolute Gasteiger partial charge is 0.254 e. The number of methoxy groups -OCH3 is 1. The van der Waals surface area contributed by atoms with Gasteiger partial charge >= 0.3 is 0 Å². The molecule has 0 unspecified atom stereocenters. The van der Waals surface area contributed by atoms with E-state index in [0.717, 1.165) is 28.9 Å². The number of hydrogen-bond acceptors (Lipinski definition) is 5. The number of nitrogens with one attached hydrogen (secondary N) is 1. The van der Waals surface area contributed by atoms with Crippen LogP contribution in [0.4, 0.5) is 4.39 Å². The molecular formula is C27H30FN5O2. The number of aromatic nitrogens is 3. The number of piperidine rings is 1. The van der Waals surface area contributed by atoms with Gasteiger partial charge in [-0.3, -0.25) is 9.89 Å². The summed E-state index contributed by atoms with van der Waals surface area (Å²) in [5.41, 5.74) is 2.47. The molecule has 3 aromatic rings. The first-order chi connectivity index (χ1) is 16.9. The number of ether oxygens (including phenoxy) is 1. The zero-order chi connectivity index (χ0) is 25.0. The number of halogens is 1. The van der Waals surface area contributed by atoms with Crippen molar-refractivity contribution < 1.29 is 13.9 Å². The Morgan fingerprint density at radius 3 is 2.71 bits per heavy atom. The highest BCUT2D eigenvalue weighted by molar-refractivity contribution is 5.97. The minimum atomic E-state index is -1.62. The van der Waals surface area contributed by atoms with Crippen LogP contribution in [-0.4, -0.2) is 52.8 Å². The van der Waals surface area contributed by atoms with Crippen molar-refractivity contribution in [1.82, 2.24) is 20.1 Å². The van der Waals surface area contributed by atoms with Crippen LogP contribution in [0.15, 0.2) is 36.4 Å². The first-order valence-corrected chi connectivity index (χ1v) is 11.9. The lowest BCUT2D eigenvalue weighted by molar-refractivity contribution is 0.0420. The maximum absolute atomic E-state index is 15.8. The molecule has 182 valence electrons. The molecule has 8 heteroatoms. The Morgan fingerprint density at radius 1 is 1.29 bits per heavy atom. The van der Waals surface area contributed by atoms with Gasteiger partial charge in [0.25, 0.3) is 5.91 Å². The number of nitrogens with zero attached hydrogens (tertiary/aromatic N) is 4. The molecule has 1 aliphatic heterocycles. The van der Waals surface area contributed by atoms with E-state index in [-0.39, 0.29) is 31.8 Å². The third-order valence-electron chi connectivity index (χ3n) is 6.75. The summed E-state index contributed by atoms with van der Waals surface area (Å²) < 4.78 is 20.9. The number of carbonyl (C=O) groups is 1. The van der Waals surface area contributed by atoms with E-state index in [9.17, 15) is 10.1 Å². The summed E-state index contributed by atoms with van der Waals surface area (Å²) in [7, 11) is 1.64. The predicted molar refractivity (Wildman–Crippen MR) is 131 cm³/mol. The normalized spacial score (nSPS) is 15.1. The van der Waals surface area contributed by atoms with Crippen LogP contribution in [0.1, 0.15) is 58.2 Å². The molecule has 1 N–H and O–H groups in total. The average Bonchev–Trinajstić information content (AvgIpc) is 3.36. The van der Waals surface area contributed by atoms with Crippen LogP contribution < -0.4 is 0 Å². The van der Waals surface area contributed by atoms with Gasteiger partial charge in [0, 0.05) is 56.2 Å². The van der Waals surface area contributed by atoms with Gasteiger partial charge in [-0.05, 0) is 36.6 Å². The van der Waals surface area contributed by atoms with Gasteiger partial charge in [0.2, 0.25) is 0 Å². The van der Waals surface area contributed by atoms with Crippen molar-refractivity contribution in [3.05, 3.63) is 70.0 Å². The first kappa shape index (κ1) is 24.6. The molecule has 1 aromatic heterocycles. The van der Waals surface area contributed by atoms with Gasteiger partial charge in [0.1, 0.15) is 11.5 Å². The predicted octanol–water partition coefficient (Wildman–Crippen LogP) is 4.50. The van der Waals surface area contributed by atoms with Crippen LogP contribution in [0, 0.1) is 18.3 Å². The summed E-state index contributed by atoms with van der Waals surface area (Å²) in [6.07, 6.45) is 1.70. The number of likely N-dealkylation sites (tertiary alicyclic amines) is 1. The number of H-pyrrole nitrogens is 1. The van der Waals surface area contributed by atoms with Gasteiger partial charge in [0.05, 0.1) is 18.2 Å². The molecule has 35 heavy (non-hydrogen) atoms. The van der Waals surface area contributed by atoms with Gasteiger partial charge in [-0.1, -0.05) is 31.2 Å². The fraction of sp³-hybridized carbons (Fsp3) is 0.407. The Balaban J connectivity index is 1.57. The fourth-order valence-corrected chi connectivity index (χ4v) is 4.70. The zero-order valence-corrected chi connectivity index (χ0v) is 20.4. The molecular weight excluding hydrogens is 445 g/mol. The number of benzene rings is 2. The summed E-state index contributed by atoms with van der Waals surface area (Å²) in [5.74, 6) is 1.15. The Bertz CT molecular complexity index is 1250. The quantitative estimate of drug-likeness (QED) is 0.543. The summed E-state index contributed by atoms with van der Waals surface area (Å²) in [6, 6.07) is 12.8. The topological polar surface area (TPSA) is 94.9 Å². The van der Waals surface area contributed by atoms with Gasteiger partial charge in [-0.25, -0.2) is 9.37 Å². The number of aryl methyl sites for hydroxylation is 2. The van der Waals surface area contributed by atoms with Crippen LogP contribution in [0.5, 0.6) is 0 Å². The standard InChI is InChI=1S/C27H30FN5O2/c1-4-19-15-18(2)21(16-22(19)25-30-24(31-32-25)9-14-35-3)26(34)33-12-10-27(28,11-13-33)23-8-6-5-7-20(23)17-29/h5-8,15-16H,4,9-14H2,1-3H3,(H,30,31,32). The number of hydrogen-bond donors (Lipinski definition) is 1. The summed E-state index contributed by atoms with van der Waals surface area (Å²) in [5, 5.41) is 16.7. The molecule has 2 heterocycles. The number of aromatic amines is 1. The van der Waals surface area contributed by atoms with Crippen molar-refractivity contribution >= 4 is 5.91 Å². The van der Waals surface area contributed by atoms with Crippen molar-refractivity contribution in [3.63, 3.8) is 0 Å². The van der Waals surface area contributed by atoms with E-state index in [1.54, 1.807) is 36.3 Å². The number of alkyl halides is 1. The second kappa shape index (κ2) is 10.4. The molecule has 2 aromatic carbocycles. The third-order valence-corrected chi connectivity index (χ3v) is 6.75. The molecule has 7 nitrogen and oxygen atoms in total.